The molecule has 1 aliphatic rings. The SMILES string of the molecule is CCN(CC(=O)NC)C(=O)[C@H]1CCCN(c2ccccn2)C1. The Kier molecular flexibility index (Phi) is 5.75. The fourth-order valence-electron chi connectivity index (χ4n) is 2.78. The van der Waals surface area contributed by atoms with Crippen molar-refractivity contribution in [3.8, 4) is 0 Å². The van der Waals surface area contributed by atoms with Crippen molar-refractivity contribution in [2.75, 3.05) is 38.1 Å². The third kappa shape index (κ3) is 3.96. The molecule has 2 heterocycles. The molecule has 0 aromatic carbocycles. The van der Waals surface area contributed by atoms with Crippen LogP contribution in [-0.4, -0.2) is 54.9 Å². The summed E-state index contributed by atoms with van der Waals surface area (Å²) in [5.74, 6) is 0.772. The number of nitrogens with one attached hydrogen (secondary N) is 1. The van der Waals surface area contributed by atoms with Gasteiger partial charge in [0.1, 0.15) is 5.82 Å². The molecule has 0 unspecified atom stereocenters. The molecule has 0 radical (unpaired) electrons. The molecule has 0 bridgehead atoms. The Morgan fingerprint density at radius 3 is 2.91 bits per heavy atom. The second kappa shape index (κ2) is 7.77. The van der Waals surface area contributed by atoms with Gasteiger partial charge in [0.15, 0.2) is 0 Å². The smallest absolute Gasteiger partial charge is 0.239 e. The number of hydrogen-bond donors (Lipinski definition) is 1. The quantitative estimate of drug-likeness (QED) is 0.877. The number of carbonyl (C=O) groups is 2. The van der Waals surface area contributed by atoms with E-state index in [0.29, 0.717) is 13.1 Å². The van der Waals surface area contributed by atoms with Crippen LogP contribution in [0.5, 0.6) is 0 Å². The largest absolute Gasteiger partial charge is 0.358 e. The summed E-state index contributed by atoms with van der Waals surface area (Å²) in [4.78, 5) is 32.3. The third-order valence-electron chi connectivity index (χ3n) is 4.05. The van der Waals surface area contributed by atoms with Crippen LogP contribution >= 0.6 is 0 Å². The minimum absolute atomic E-state index is 0.0618. The molecule has 1 aliphatic heterocycles. The van der Waals surface area contributed by atoms with E-state index in [9.17, 15) is 9.59 Å². The molecule has 1 aromatic heterocycles. The molecule has 0 aliphatic carbocycles. The van der Waals surface area contributed by atoms with Crippen molar-refractivity contribution in [3.63, 3.8) is 0 Å². The molecule has 0 saturated carbocycles. The van der Waals surface area contributed by atoms with Gasteiger partial charge in [-0.1, -0.05) is 6.07 Å². The first-order valence-corrected chi connectivity index (χ1v) is 7.81. The Bertz CT molecular complexity index is 506. The van der Waals surface area contributed by atoms with Gasteiger partial charge in [-0.05, 0) is 31.9 Å². The Hall–Kier alpha value is -2.11. The highest BCUT2D eigenvalue weighted by atomic mass is 16.2. The van der Waals surface area contributed by atoms with Crippen molar-refractivity contribution < 1.29 is 9.59 Å². The third-order valence-corrected chi connectivity index (χ3v) is 4.05. The summed E-state index contributed by atoms with van der Waals surface area (Å²) in [6.45, 7) is 4.17. The summed E-state index contributed by atoms with van der Waals surface area (Å²) in [7, 11) is 1.59. The highest BCUT2D eigenvalue weighted by molar-refractivity contribution is 5.86. The van der Waals surface area contributed by atoms with Crippen molar-refractivity contribution in [1.29, 1.82) is 0 Å². The average Bonchev–Trinajstić information content (AvgIpc) is 2.59. The molecule has 1 saturated heterocycles. The molecule has 1 N–H and O–H groups in total. The van der Waals surface area contributed by atoms with Crippen LogP contribution in [0.1, 0.15) is 19.8 Å². The van der Waals surface area contributed by atoms with Crippen LogP contribution in [0.2, 0.25) is 0 Å². The number of amides is 2. The van der Waals surface area contributed by atoms with E-state index in [1.54, 1.807) is 18.1 Å². The number of likely N-dealkylation sites (N-methyl/N-ethyl adjacent to an activating group) is 2. The van der Waals surface area contributed by atoms with E-state index in [1.165, 1.54) is 0 Å². The summed E-state index contributed by atoms with van der Waals surface area (Å²) in [6.07, 6.45) is 3.60. The van der Waals surface area contributed by atoms with Crippen LogP contribution in [-0.2, 0) is 9.59 Å². The number of aromatic nitrogens is 1. The maximum Gasteiger partial charge on any atom is 0.239 e. The van der Waals surface area contributed by atoms with Gasteiger partial charge >= 0.3 is 0 Å². The predicted octanol–water partition coefficient (Wildman–Crippen LogP) is 0.892. The van der Waals surface area contributed by atoms with Gasteiger partial charge in [0.05, 0.1) is 12.5 Å². The van der Waals surface area contributed by atoms with Crippen LogP contribution in [0.25, 0.3) is 0 Å². The number of carbonyl (C=O) groups excluding carboxylic acids is 2. The Labute approximate surface area is 131 Å². The van der Waals surface area contributed by atoms with Gasteiger partial charge in [-0.2, -0.15) is 0 Å². The lowest BCUT2D eigenvalue weighted by Gasteiger charge is -2.35. The van der Waals surface area contributed by atoms with Crippen molar-refractivity contribution in [2.24, 2.45) is 5.92 Å². The Balaban J connectivity index is 2.01. The second-order valence-electron chi connectivity index (χ2n) is 5.50. The van der Waals surface area contributed by atoms with Crippen LogP contribution in [0, 0.1) is 5.92 Å². The Morgan fingerprint density at radius 2 is 2.27 bits per heavy atom. The molecule has 2 rings (SSSR count). The molecule has 1 atom stereocenters. The minimum Gasteiger partial charge on any atom is -0.358 e. The Morgan fingerprint density at radius 1 is 1.45 bits per heavy atom. The van der Waals surface area contributed by atoms with Crippen molar-refractivity contribution in [2.45, 2.75) is 19.8 Å². The van der Waals surface area contributed by atoms with Gasteiger partial charge in [0, 0.05) is 32.9 Å². The zero-order valence-electron chi connectivity index (χ0n) is 13.3. The lowest BCUT2D eigenvalue weighted by Crippen LogP contribution is -2.47. The number of piperidine rings is 1. The van der Waals surface area contributed by atoms with Gasteiger partial charge < -0.3 is 15.1 Å². The topological polar surface area (TPSA) is 65.5 Å². The summed E-state index contributed by atoms with van der Waals surface area (Å²) in [6, 6.07) is 5.81. The van der Waals surface area contributed by atoms with E-state index >= 15 is 0 Å². The van der Waals surface area contributed by atoms with Crippen molar-refractivity contribution in [3.05, 3.63) is 24.4 Å². The molecule has 2 amide bonds. The predicted molar refractivity (Wildman–Crippen MR) is 85.5 cm³/mol. The van der Waals surface area contributed by atoms with Gasteiger partial charge in [-0.15, -0.1) is 0 Å². The molecule has 1 aromatic rings. The molecule has 120 valence electrons. The highest BCUT2D eigenvalue weighted by Gasteiger charge is 2.29. The van der Waals surface area contributed by atoms with Crippen LogP contribution in [0.4, 0.5) is 5.82 Å². The molecule has 6 heteroatoms. The van der Waals surface area contributed by atoms with E-state index in [-0.39, 0.29) is 24.3 Å². The van der Waals surface area contributed by atoms with Gasteiger partial charge in [0.25, 0.3) is 0 Å². The van der Waals surface area contributed by atoms with E-state index in [0.717, 1.165) is 25.2 Å². The maximum absolute atomic E-state index is 12.7. The molecule has 0 spiro atoms. The number of rotatable bonds is 5. The standard InChI is InChI=1S/C16H24N4O2/c1-3-19(12-15(21)17-2)16(22)13-7-6-10-20(11-13)14-8-4-5-9-18-14/h4-5,8-9,13H,3,6-7,10-12H2,1-2H3,(H,17,21)/t13-/m0/s1. The normalized spacial score (nSPS) is 17.9. The van der Waals surface area contributed by atoms with E-state index in [4.69, 9.17) is 0 Å². The van der Waals surface area contributed by atoms with E-state index in [1.807, 2.05) is 25.1 Å². The summed E-state index contributed by atoms with van der Waals surface area (Å²) >= 11 is 0. The number of hydrogen-bond acceptors (Lipinski definition) is 4. The van der Waals surface area contributed by atoms with Gasteiger partial charge in [0.2, 0.25) is 11.8 Å². The zero-order chi connectivity index (χ0) is 15.9. The molecule has 22 heavy (non-hydrogen) atoms. The number of nitrogens with zero attached hydrogens (tertiary/aromatic N) is 3. The summed E-state index contributed by atoms with van der Waals surface area (Å²) in [5, 5.41) is 2.57. The van der Waals surface area contributed by atoms with Crippen LogP contribution in [0.15, 0.2) is 24.4 Å². The maximum atomic E-state index is 12.7. The molecule has 6 nitrogen and oxygen atoms in total. The highest BCUT2D eigenvalue weighted by Crippen LogP contribution is 2.22. The minimum atomic E-state index is -0.132. The average molecular weight is 304 g/mol. The van der Waals surface area contributed by atoms with Gasteiger partial charge in [-0.3, -0.25) is 9.59 Å². The van der Waals surface area contributed by atoms with Crippen LogP contribution < -0.4 is 10.2 Å². The number of pyridine rings is 1. The van der Waals surface area contributed by atoms with Crippen LogP contribution in [0.3, 0.4) is 0 Å². The van der Waals surface area contributed by atoms with Gasteiger partial charge in [-0.25, -0.2) is 4.98 Å². The van der Waals surface area contributed by atoms with Crippen molar-refractivity contribution >= 4 is 17.6 Å². The zero-order valence-corrected chi connectivity index (χ0v) is 13.3. The lowest BCUT2D eigenvalue weighted by molar-refractivity contribution is -0.139. The lowest BCUT2D eigenvalue weighted by atomic mass is 9.96. The molecular weight excluding hydrogens is 280 g/mol. The summed E-state index contributed by atoms with van der Waals surface area (Å²) in [5.41, 5.74) is 0. The van der Waals surface area contributed by atoms with Crippen molar-refractivity contribution in [1.82, 2.24) is 15.2 Å². The monoisotopic (exact) mass is 304 g/mol. The fraction of sp³-hybridized carbons (Fsp3) is 0.562. The first-order chi connectivity index (χ1) is 10.7. The molecule has 1 fully saturated rings. The van der Waals surface area contributed by atoms with E-state index < -0.39 is 0 Å². The first-order valence-electron chi connectivity index (χ1n) is 7.81. The van der Waals surface area contributed by atoms with E-state index in [2.05, 4.69) is 15.2 Å². The first kappa shape index (κ1) is 16.3. The summed E-state index contributed by atoms with van der Waals surface area (Å²) < 4.78 is 0. The molecular formula is C16H24N4O2. The number of anilines is 1. The fourth-order valence-corrected chi connectivity index (χ4v) is 2.78. The second-order valence-corrected chi connectivity index (χ2v) is 5.50.